The summed E-state index contributed by atoms with van der Waals surface area (Å²) in [4.78, 5) is 37.3. The third-order valence-electron chi connectivity index (χ3n) is 11.5. The number of unbranched alkanes of at least 4 members (excludes halogenated alkanes) is 8. The van der Waals surface area contributed by atoms with Gasteiger partial charge in [0.25, 0.3) is 0 Å². The Morgan fingerprint density at radius 3 is 1.03 bits per heavy atom. The third-order valence-corrected chi connectivity index (χ3v) is 11.5. The first kappa shape index (κ1) is 71.7. The second-order valence-corrected chi connectivity index (χ2v) is 19.8. The van der Waals surface area contributed by atoms with Gasteiger partial charge in [0.2, 0.25) is 0 Å². The van der Waals surface area contributed by atoms with Crippen LogP contribution in [0.15, 0.2) is 170 Å². The molecule has 430 valence electrons. The minimum atomic E-state index is -1.65. The van der Waals surface area contributed by atoms with Crippen molar-refractivity contribution in [3.8, 4) is 0 Å². The first-order valence-corrected chi connectivity index (χ1v) is 29.3. The van der Waals surface area contributed by atoms with E-state index < -0.39 is 30.3 Å². The van der Waals surface area contributed by atoms with E-state index in [-0.39, 0.29) is 32.7 Å². The van der Waals surface area contributed by atoms with E-state index in [0.717, 1.165) is 141 Å². The molecule has 2 unspecified atom stereocenters. The van der Waals surface area contributed by atoms with Crippen LogP contribution in [-0.4, -0.2) is 82.3 Å². The third kappa shape index (κ3) is 58.2. The molecule has 0 amide bonds. The van der Waals surface area contributed by atoms with E-state index in [4.69, 9.17) is 18.9 Å². The predicted molar refractivity (Wildman–Crippen MR) is 324 cm³/mol. The zero-order chi connectivity index (χ0) is 56.2. The Hall–Kier alpha value is -5.35. The average molecular weight is 1060 g/mol. The fourth-order valence-electron chi connectivity index (χ4n) is 7.02. The maximum atomic E-state index is 12.9. The highest BCUT2D eigenvalue weighted by Gasteiger charge is 2.22. The highest BCUT2D eigenvalue weighted by molar-refractivity contribution is 5.70. The van der Waals surface area contributed by atoms with Gasteiger partial charge in [-0.05, 0) is 128 Å². The highest BCUT2D eigenvalue weighted by atomic mass is 16.7. The molecule has 0 bridgehead atoms. The second-order valence-electron chi connectivity index (χ2n) is 19.8. The van der Waals surface area contributed by atoms with Crippen molar-refractivity contribution in [2.45, 2.75) is 193 Å². The van der Waals surface area contributed by atoms with Gasteiger partial charge in [-0.1, -0.05) is 210 Å². The molecule has 0 saturated carbocycles. The molecule has 0 saturated heterocycles. The first-order valence-electron chi connectivity index (χ1n) is 29.3. The van der Waals surface area contributed by atoms with Gasteiger partial charge < -0.3 is 33.3 Å². The van der Waals surface area contributed by atoms with Gasteiger partial charge in [-0.3, -0.25) is 9.59 Å². The Morgan fingerprint density at radius 1 is 0.390 bits per heavy atom. The molecule has 0 aromatic heterocycles. The van der Waals surface area contributed by atoms with Crippen molar-refractivity contribution in [1.29, 1.82) is 0 Å². The monoisotopic (exact) mass is 1060 g/mol. The molecule has 0 rings (SSSR count). The highest BCUT2D eigenvalue weighted by Crippen LogP contribution is 2.12. The second kappa shape index (κ2) is 56.8. The Kier molecular flexibility index (Phi) is 52.9. The lowest BCUT2D eigenvalue weighted by atomic mass is 10.1. The molecule has 0 aliphatic rings. The maximum Gasteiger partial charge on any atom is 0.306 e. The number of nitrogens with zero attached hydrogens (tertiary/aromatic N) is 1. The number of ether oxygens (including phenoxy) is 4. The van der Waals surface area contributed by atoms with Crippen LogP contribution in [0.4, 0.5) is 0 Å². The fraction of sp³-hybridized carbons (Fsp3) is 0.544. The molecule has 0 spiro atoms. The normalized spacial score (nSPS) is 14.0. The first-order chi connectivity index (χ1) is 37.6. The molecular weight excluding hydrogens is 959 g/mol. The Balaban J connectivity index is 4.36. The minimum Gasteiger partial charge on any atom is -0.545 e. The Bertz CT molecular complexity index is 1860. The number of carbonyl (C=O) groups is 3. The quantitative estimate of drug-likeness (QED) is 0.0195. The summed E-state index contributed by atoms with van der Waals surface area (Å²) in [6.07, 6.45) is 82.6. The van der Waals surface area contributed by atoms with E-state index >= 15 is 0 Å². The van der Waals surface area contributed by atoms with Crippen molar-refractivity contribution in [3.05, 3.63) is 170 Å². The van der Waals surface area contributed by atoms with Crippen molar-refractivity contribution in [2.75, 3.05) is 47.5 Å². The summed E-state index contributed by atoms with van der Waals surface area (Å²) in [5.74, 6) is -2.38. The summed E-state index contributed by atoms with van der Waals surface area (Å²) in [7, 11) is 5.88. The standard InChI is InChI=1S/C68H105NO8/c1-6-8-10-12-14-16-18-20-22-24-25-26-27-28-29-30-31-32-33-34-35-36-37-38-39-40-41-43-45-47-49-51-53-55-57-59-66(71)77-64(63-76-68(67(72)73)74-61-60-69(3,4)5)62-75-65(70)58-56-54-52-50-48-46-44-42-23-21-19-17-15-13-11-9-7-2/h8-11,14-17,20-23,25-26,28-29,31-32,34-35,37-38,40-41,44-47,64,68H,6-7,12-13,18-19,24,27,30,33,36,39,42-43,48-63H2,1-5H3/b10-8-,11-9-,16-14-,17-15-,22-20-,23-21-,26-25-,29-28-,32-31-,35-34-,38-37-,41-40-,46-44-,47-45-. The summed E-state index contributed by atoms with van der Waals surface area (Å²) in [6.45, 7) is 4.42. The SMILES string of the molecule is CC/C=C\C/C=C\C/C=C\C/C=C\C/C=C\C/C=C\C/C=C\C/C=C\C/C=C\C/C=C\CCCCCCC(=O)OC(COC(=O)CCCCCC/C=C\C/C=C\C/C=C\C/C=C\CC)COC(OCC[N+](C)(C)C)C(=O)[O-]. The summed E-state index contributed by atoms with van der Waals surface area (Å²) >= 11 is 0. The van der Waals surface area contributed by atoms with E-state index in [2.05, 4.69) is 184 Å². The molecule has 9 heteroatoms. The van der Waals surface area contributed by atoms with Crippen LogP contribution in [0.25, 0.3) is 0 Å². The Morgan fingerprint density at radius 2 is 0.701 bits per heavy atom. The number of rotatable bonds is 51. The molecule has 0 fully saturated rings. The lowest BCUT2D eigenvalue weighted by Gasteiger charge is -2.26. The van der Waals surface area contributed by atoms with Crippen LogP contribution in [0.2, 0.25) is 0 Å². The van der Waals surface area contributed by atoms with Gasteiger partial charge in [-0.15, -0.1) is 0 Å². The maximum absolute atomic E-state index is 12.9. The van der Waals surface area contributed by atoms with Crippen molar-refractivity contribution >= 4 is 17.9 Å². The number of carbonyl (C=O) groups excluding carboxylic acids is 3. The zero-order valence-corrected chi connectivity index (χ0v) is 48.7. The lowest BCUT2D eigenvalue weighted by Crippen LogP contribution is -2.44. The van der Waals surface area contributed by atoms with Crippen LogP contribution >= 0.6 is 0 Å². The van der Waals surface area contributed by atoms with Crippen LogP contribution < -0.4 is 5.11 Å². The number of hydrogen-bond donors (Lipinski definition) is 0. The van der Waals surface area contributed by atoms with E-state index in [1.54, 1.807) is 0 Å². The molecule has 0 aliphatic carbocycles. The number of likely N-dealkylation sites (N-methyl/N-ethyl adjacent to an activating group) is 1. The van der Waals surface area contributed by atoms with Crippen molar-refractivity contribution in [2.24, 2.45) is 0 Å². The molecule has 0 N–H and O–H groups in total. The summed E-state index contributed by atoms with van der Waals surface area (Å²) in [5.41, 5.74) is 0. The van der Waals surface area contributed by atoms with E-state index in [9.17, 15) is 19.5 Å². The predicted octanol–water partition coefficient (Wildman–Crippen LogP) is 16.2. The molecule has 0 radical (unpaired) electrons. The molecule has 0 aliphatic heterocycles. The molecule has 0 aromatic carbocycles. The topological polar surface area (TPSA) is 111 Å². The molecule has 0 heterocycles. The van der Waals surface area contributed by atoms with Crippen molar-refractivity contribution in [3.63, 3.8) is 0 Å². The molecule has 2 atom stereocenters. The summed E-state index contributed by atoms with van der Waals surface area (Å²) in [5, 5.41) is 11.8. The van der Waals surface area contributed by atoms with Gasteiger partial charge >= 0.3 is 11.9 Å². The van der Waals surface area contributed by atoms with Crippen LogP contribution in [0.3, 0.4) is 0 Å². The van der Waals surface area contributed by atoms with Gasteiger partial charge in [0.15, 0.2) is 12.4 Å². The van der Waals surface area contributed by atoms with E-state index in [1.807, 2.05) is 21.1 Å². The van der Waals surface area contributed by atoms with Crippen LogP contribution in [0.5, 0.6) is 0 Å². The smallest absolute Gasteiger partial charge is 0.306 e. The molecule has 0 aromatic rings. The number of allylic oxidation sites excluding steroid dienone is 28. The fourth-order valence-corrected chi connectivity index (χ4v) is 7.02. The minimum absolute atomic E-state index is 0.127. The van der Waals surface area contributed by atoms with Crippen LogP contribution in [0.1, 0.15) is 181 Å². The van der Waals surface area contributed by atoms with Crippen LogP contribution in [-0.2, 0) is 33.3 Å². The summed E-state index contributed by atoms with van der Waals surface area (Å²) in [6, 6.07) is 0. The number of aliphatic carboxylic acids is 1. The number of carboxylic acids is 1. The number of quaternary nitrogens is 1. The molecule has 9 nitrogen and oxygen atoms in total. The summed E-state index contributed by atoms with van der Waals surface area (Å²) < 4.78 is 22.6. The van der Waals surface area contributed by atoms with Gasteiger partial charge in [0.1, 0.15) is 13.2 Å². The zero-order valence-electron chi connectivity index (χ0n) is 48.7. The van der Waals surface area contributed by atoms with Gasteiger partial charge in [-0.2, -0.15) is 0 Å². The van der Waals surface area contributed by atoms with Crippen molar-refractivity contribution in [1.82, 2.24) is 0 Å². The van der Waals surface area contributed by atoms with E-state index in [0.29, 0.717) is 23.9 Å². The average Bonchev–Trinajstić information content (AvgIpc) is 3.40. The number of hydrogen-bond acceptors (Lipinski definition) is 8. The van der Waals surface area contributed by atoms with Crippen molar-refractivity contribution < 1.29 is 42.9 Å². The van der Waals surface area contributed by atoms with Gasteiger partial charge in [-0.25, -0.2) is 0 Å². The van der Waals surface area contributed by atoms with Gasteiger partial charge in [0.05, 0.1) is 40.3 Å². The van der Waals surface area contributed by atoms with Gasteiger partial charge in [0, 0.05) is 12.8 Å². The number of carboxylic acid groups (broad SMARTS) is 1. The molecular formula is C68H105NO8. The Labute approximate surface area is 469 Å². The lowest BCUT2D eigenvalue weighted by molar-refractivity contribution is -0.870. The van der Waals surface area contributed by atoms with Crippen LogP contribution in [0, 0.1) is 0 Å². The number of esters is 2. The molecule has 77 heavy (non-hydrogen) atoms. The van der Waals surface area contributed by atoms with E-state index in [1.165, 1.54) is 0 Å². The largest absolute Gasteiger partial charge is 0.545 e.